The van der Waals surface area contributed by atoms with E-state index in [0.717, 1.165) is 11.4 Å². The second kappa shape index (κ2) is 7.89. The van der Waals surface area contributed by atoms with Crippen LogP contribution in [0.2, 0.25) is 0 Å². The van der Waals surface area contributed by atoms with Crippen molar-refractivity contribution < 1.29 is 4.79 Å². The van der Waals surface area contributed by atoms with Gasteiger partial charge >= 0.3 is 0 Å². The minimum Gasteiger partial charge on any atom is -0.325 e. The van der Waals surface area contributed by atoms with Gasteiger partial charge in [0.1, 0.15) is 0 Å². The zero-order valence-corrected chi connectivity index (χ0v) is 13.3. The Bertz CT molecular complexity index is 564. The molecule has 0 aromatic heterocycles. The van der Waals surface area contributed by atoms with Crippen molar-refractivity contribution in [1.29, 1.82) is 0 Å². The van der Waals surface area contributed by atoms with Crippen molar-refractivity contribution in [2.45, 2.75) is 25.5 Å². The van der Waals surface area contributed by atoms with Gasteiger partial charge in [-0.2, -0.15) is 0 Å². The minimum absolute atomic E-state index is 0.0493. The SMILES string of the molecule is CC(C)c1ccc(NC(=O)CSCc2ccccc2)cc1. The maximum atomic E-state index is 11.9. The summed E-state index contributed by atoms with van der Waals surface area (Å²) in [6.45, 7) is 4.32. The number of nitrogens with one attached hydrogen (secondary N) is 1. The summed E-state index contributed by atoms with van der Waals surface area (Å²) in [5.74, 6) is 1.89. The van der Waals surface area contributed by atoms with Crippen LogP contribution in [0.4, 0.5) is 5.69 Å². The Labute approximate surface area is 131 Å². The molecule has 0 fully saturated rings. The first-order valence-electron chi connectivity index (χ1n) is 7.16. The van der Waals surface area contributed by atoms with E-state index in [1.54, 1.807) is 11.8 Å². The van der Waals surface area contributed by atoms with Gasteiger partial charge in [0.2, 0.25) is 5.91 Å². The third kappa shape index (κ3) is 5.27. The smallest absolute Gasteiger partial charge is 0.234 e. The van der Waals surface area contributed by atoms with Gasteiger partial charge in [0.05, 0.1) is 5.75 Å². The fraction of sp³-hybridized carbons (Fsp3) is 0.278. The van der Waals surface area contributed by atoms with Crippen LogP contribution in [0.1, 0.15) is 30.9 Å². The highest BCUT2D eigenvalue weighted by molar-refractivity contribution is 7.99. The van der Waals surface area contributed by atoms with Crippen LogP contribution < -0.4 is 5.32 Å². The molecule has 3 heteroatoms. The van der Waals surface area contributed by atoms with Crippen molar-refractivity contribution in [2.75, 3.05) is 11.1 Å². The van der Waals surface area contributed by atoms with Crippen molar-refractivity contribution in [2.24, 2.45) is 0 Å². The lowest BCUT2D eigenvalue weighted by Gasteiger charge is -2.08. The van der Waals surface area contributed by atoms with E-state index in [1.807, 2.05) is 30.3 Å². The molecule has 1 amide bonds. The summed E-state index contributed by atoms with van der Waals surface area (Å²) in [4.78, 5) is 11.9. The minimum atomic E-state index is 0.0493. The quantitative estimate of drug-likeness (QED) is 0.839. The molecular formula is C18H21NOS. The fourth-order valence-electron chi connectivity index (χ4n) is 1.98. The highest BCUT2D eigenvalue weighted by Crippen LogP contribution is 2.18. The molecule has 2 nitrogen and oxygen atoms in total. The summed E-state index contributed by atoms with van der Waals surface area (Å²) >= 11 is 1.63. The predicted molar refractivity (Wildman–Crippen MR) is 91.8 cm³/mol. The lowest BCUT2D eigenvalue weighted by atomic mass is 10.0. The topological polar surface area (TPSA) is 29.1 Å². The van der Waals surface area contributed by atoms with E-state index in [9.17, 15) is 4.79 Å². The monoisotopic (exact) mass is 299 g/mol. The van der Waals surface area contributed by atoms with Crippen molar-refractivity contribution >= 4 is 23.4 Å². The molecule has 0 bridgehead atoms. The van der Waals surface area contributed by atoms with Crippen molar-refractivity contribution in [3.8, 4) is 0 Å². The van der Waals surface area contributed by atoms with Crippen LogP contribution in [-0.2, 0) is 10.5 Å². The number of hydrogen-bond acceptors (Lipinski definition) is 2. The van der Waals surface area contributed by atoms with Gasteiger partial charge in [-0.25, -0.2) is 0 Å². The van der Waals surface area contributed by atoms with Gasteiger partial charge in [-0.05, 0) is 29.2 Å². The molecule has 110 valence electrons. The molecule has 0 radical (unpaired) electrons. The van der Waals surface area contributed by atoms with E-state index >= 15 is 0 Å². The highest BCUT2D eigenvalue weighted by atomic mass is 32.2. The zero-order valence-electron chi connectivity index (χ0n) is 12.5. The molecule has 0 spiro atoms. The first-order valence-corrected chi connectivity index (χ1v) is 8.32. The Balaban J connectivity index is 1.76. The molecule has 2 aromatic carbocycles. The number of carbonyl (C=O) groups is 1. The molecule has 1 N–H and O–H groups in total. The molecule has 0 aliphatic heterocycles. The summed E-state index contributed by atoms with van der Waals surface area (Å²) in [5.41, 5.74) is 3.40. The van der Waals surface area contributed by atoms with E-state index < -0.39 is 0 Å². The van der Waals surface area contributed by atoms with E-state index in [-0.39, 0.29) is 5.91 Å². The highest BCUT2D eigenvalue weighted by Gasteiger charge is 2.04. The third-order valence-electron chi connectivity index (χ3n) is 3.21. The van der Waals surface area contributed by atoms with Gasteiger partial charge in [0.15, 0.2) is 0 Å². The first-order chi connectivity index (χ1) is 10.1. The van der Waals surface area contributed by atoms with Gasteiger partial charge < -0.3 is 5.32 Å². The number of benzene rings is 2. The molecule has 0 heterocycles. The maximum Gasteiger partial charge on any atom is 0.234 e. The Kier molecular flexibility index (Phi) is 5.88. The van der Waals surface area contributed by atoms with E-state index in [1.165, 1.54) is 11.1 Å². The summed E-state index contributed by atoms with van der Waals surface area (Å²) in [6.07, 6.45) is 0. The Morgan fingerprint density at radius 1 is 1.05 bits per heavy atom. The normalized spacial score (nSPS) is 10.6. The third-order valence-corrected chi connectivity index (χ3v) is 4.21. The van der Waals surface area contributed by atoms with Crippen LogP contribution in [0.15, 0.2) is 54.6 Å². The summed E-state index contributed by atoms with van der Waals surface area (Å²) in [6, 6.07) is 18.3. The van der Waals surface area contributed by atoms with Crippen LogP contribution in [0.5, 0.6) is 0 Å². The lowest BCUT2D eigenvalue weighted by molar-refractivity contribution is -0.113. The molecule has 21 heavy (non-hydrogen) atoms. The van der Waals surface area contributed by atoms with Crippen LogP contribution >= 0.6 is 11.8 Å². The van der Waals surface area contributed by atoms with E-state index in [4.69, 9.17) is 0 Å². The first kappa shape index (κ1) is 15.6. The maximum absolute atomic E-state index is 11.9. The van der Waals surface area contributed by atoms with Crippen LogP contribution in [0, 0.1) is 0 Å². The van der Waals surface area contributed by atoms with E-state index in [2.05, 4.69) is 43.4 Å². The van der Waals surface area contributed by atoms with Gasteiger partial charge in [0.25, 0.3) is 0 Å². The molecule has 2 aromatic rings. The summed E-state index contributed by atoms with van der Waals surface area (Å²) in [5, 5.41) is 2.93. The van der Waals surface area contributed by atoms with Crippen molar-refractivity contribution in [1.82, 2.24) is 0 Å². The molecule has 0 aliphatic carbocycles. The number of hydrogen-bond donors (Lipinski definition) is 1. The summed E-state index contributed by atoms with van der Waals surface area (Å²) < 4.78 is 0. The number of thioether (sulfide) groups is 1. The number of anilines is 1. The zero-order chi connectivity index (χ0) is 15.1. The molecule has 0 unspecified atom stereocenters. The Morgan fingerprint density at radius 2 is 1.71 bits per heavy atom. The molecule has 2 rings (SSSR count). The molecule has 0 atom stereocenters. The average molecular weight is 299 g/mol. The lowest BCUT2D eigenvalue weighted by Crippen LogP contribution is -2.14. The van der Waals surface area contributed by atoms with Crippen LogP contribution in [-0.4, -0.2) is 11.7 Å². The van der Waals surface area contributed by atoms with Gasteiger partial charge in [-0.15, -0.1) is 11.8 Å². The molecule has 0 saturated carbocycles. The Hall–Kier alpha value is -1.74. The summed E-state index contributed by atoms with van der Waals surface area (Å²) in [7, 11) is 0. The standard InChI is InChI=1S/C18H21NOS/c1-14(2)16-8-10-17(11-9-16)19-18(20)13-21-12-15-6-4-3-5-7-15/h3-11,14H,12-13H2,1-2H3,(H,19,20). The van der Waals surface area contributed by atoms with Crippen molar-refractivity contribution in [3.05, 3.63) is 65.7 Å². The second-order valence-electron chi connectivity index (χ2n) is 5.30. The van der Waals surface area contributed by atoms with Crippen LogP contribution in [0.25, 0.3) is 0 Å². The van der Waals surface area contributed by atoms with Gasteiger partial charge in [-0.3, -0.25) is 4.79 Å². The number of carbonyl (C=O) groups excluding carboxylic acids is 1. The number of amides is 1. The van der Waals surface area contributed by atoms with Gasteiger partial charge in [-0.1, -0.05) is 56.3 Å². The van der Waals surface area contributed by atoms with Gasteiger partial charge in [0, 0.05) is 11.4 Å². The largest absolute Gasteiger partial charge is 0.325 e. The second-order valence-corrected chi connectivity index (χ2v) is 6.29. The number of rotatable bonds is 6. The molecular weight excluding hydrogens is 278 g/mol. The molecule has 0 aliphatic rings. The van der Waals surface area contributed by atoms with Crippen LogP contribution in [0.3, 0.4) is 0 Å². The Morgan fingerprint density at radius 3 is 2.33 bits per heavy atom. The average Bonchev–Trinajstić information content (AvgIpc) is 2.49. The molecule has 0 saturated heterocycles. The van der Waals surface area contributed by atoms with E-state index in [0.29, 0.717) is 11.7 Å². The van der Waals surface area contributed by atoms with Crippen molar-refractivity contribution in [3.63, 3.8) is 0 Å². The predicted octanol–water partition coefficient (Wildman–Crippen LogP) is 4.68. The fourth-order valence-corrected chi connectivity index (χ4v) is 2.77.